The predicted molar refractivity (Wildman–Crippen MR) is 86.4 cm³/mol. The standard InChI is InChI=1S/C17H17F2NOS/c1-12(13-5-3-2-4-6-13)11-16(21)20-14-7-9-15(10-8-14)22-17(18)19/h2-10,12,17H,11H2,1H3,(H,20,21). The van der Waals surface area contributed by atoms with Gasteiger partial charge in [-0.05, 0) is 35.7 Å². The molecule has 0 aliphatic rings. The molecule has 0 fully saturated rings. The number of carbonyl (C=O) groups is 1. The second kappa shape index (κ2) is 7.94. The minimum absolute atomic E-state index is 0.0920. The molecule has 22 heavy (non-hydrogen) atoms. The predicted octanol–water partition coefficient (Wildman–Crippen LogP) is 5.13. The summed E-state index contributed by atoms with van der Waals surface area (Å²) >= 11 is 0.488. The first-order chi connectivity index (χ1) is 10.5. The van der Waals surface area contributed by atoms with Gasteiger partial charge < -0.3 is 5.32 Å². The van der Waals surface area contributed by atoms with Gasteiger partial charge in [0.1, 0.15) is 0 Å². The SMILES string of the molecule is CC(CC(=O)Nc1ccc(SC(F)F)cc1)c1ccccc1. The summed E-state index contributed by atoms with van der Waals surface area (Å²) in [6.07, 6.45) is 0.373. The van der Waals surface area contributed by atoms with Crippen molar-refractivity contribution in [1.82, 2.24) is 0 Å². The summed E-state index contributed by atoms with van der Waals surface area (Å²) < 4.78 is 24.5. The quantitative estimate of drug-likeness (QED) is 0.747. The third kappa shape index (κ3) is 5.15. The second-order valence-corrected chi connectivity index (χ2v) is 6.03. The summed E-state index contributed by atoms with van der Waals surface area (Å²) in [5.74, 6) is -2.41. The first-order valence-electron chi connectivity index (χ1n) is 6.94. The summed E-state index contributed by atoms with van der Waals surface area (Å²) in [5, 5.41) is 2.79. The summed E-state index contributed by atoms with van der Waals surface area (Å²) in [5.41, 5.74) is 1.73. The van der Waals surface area contributed by atoms with Gasteiger partial charge in [-0.3, -0.25) is 4.79 Å². The summed E-state index contributed by atoms with van der Waals surface area (Å²) in [6.45, 7) is 2.00. The highest BCUT2D eigenvalue weighted by Crippen LogP contribution is 2.26. The van der Waals surface area contributed by atoms with Gasteiger partial charge in [0.15, 0.2) is 0 Å². The lowest BCUT2D eigenvalue weighted by atomic mass is 9.97. The van der Waals surface area contributed by atoms with Gasteiger partial charge in [0, 0.05) is 17.0 Å². The van der Waals surface area contributed by atoms with Crippen molar-refractivity contribution in [2.45, 2.75) is 29.9 Å². The van der Waals surface area contributed by atoms with Gasteiger partial charge >= 0.3 is 0 Å². The number of rotatable bonds is 6. The van der Waals surface area contributed by atoms with E-state index in [0.29, 0.717) is 28.8 Å². The van der Waals surface area contributed by atoms with E-state index in [1.807, 2.05) is 37.3 Å². The van der Waals surface area contributed by atoms with Crippen LogP contribution in [-0.2, 0) is 4.79 Å². The van der Waals surface area contributed by atoms with Gasteiger partial charge in [0.2, 0.25) is 5.91 Å². The Hall–Kier alpha value is -1.88. The van der Waals surface area contributed by atoms with Crippen molar-refractivity contribution in [3.05, 3.63) is 60.2 Å². The second-order valence-electron chi connectivity index (χ2n) is 4.97. The van der Waals surface area contributed by atoms with E-state index < -0.39 is 5.76 Å². The molecule has 0 radical (unpaired) electrons. The number of thioether (sulfide) groups is 1. The summed E-state index contributed by atoms with van der Waals surface area (Å²) in [4.78, 5) is 12.5. The van der Waals surface area contributed by atoms with Crippen LogP contribution in [0.2, 0.25) is 0 Å². The zero-order valence-electron chi connectivity index (χ0n) is 12.1. The van der Waals surface area contributed by atoms with Crippen molar-refractivity contribution in [3.63, 3.8) is 0 Å². The van der Waals surface area contributed by atoms with Gasteiger partial charge in [0.25, 0.3) is 5.76 Å². The van der Waals surface area contributed by atoms with Crippen LogP contribution in [0.1, 0.15) is 24.8 Å². The van der Waals surface area contributed by atoms with Crippen molar-refractivity contribution >= 4 is 23.4 Å². The smallest absolute Gasteiger partial charge is 0.288 e. The van der Waals surface area contributed by atoms with E-state index in [2.05, 4.69) is 5.32 Å². The average molecular weight is 321 g/mol. The maximum Gasteiger partial charge on any atom is 0.288 e. The summed E-state index contributed by atoms with van der Waals surface area (Å²) in [6, 6.07) is 16.2. The third-order valence-corrected chi connectivity index (χ3v) is 3.95. The molecule has 0 bridgehead atoms. The normalized spacial score (nSPS) is 12.2. The molecule has 0 aliphatic carbocycles. The average Bonchev–Trinajstić information content (AvgIpc) is 2.49. The lowest BCUT2D eigenvalue weighted by Crippen LogP contribution is -2.14. The highest BCUT2D eigenvalue weighted by molar-refractivity contribution is 7.99. The monoisotopic (exact) mass is 321 g/mol. The highest BCUT2D eigenvalue weighted by atomic mass is 32.2. The molecule has 2 aromatic rings. The fourth-order valence-corrected chi connectivity index (χ4v) is 2.61. The molecule has 0 saturated heterocycles. The van der Waals surface area contributed by atoms with Gasteiger partial charge in [-0.2, -0.15) is 8.78 Å². The number of halogens is 2. The lowest BCUT2D eigenvalue weighted by molar-refractivity contribution is -0.116. The maximum atomic E-state index is 12.2. The molecule has 1 atom stereocenters. The van der Waals surface area contributed by atoms with Crippen molar-refractivity contribution in [2.75, 3.05) is 5.32 Å². The molecule has 0 aromatic heterocycles. The van der Waals surface area contributed by atoms with Crippen LogP contribution in [0.25, 0.3) is 0 Å². The number of carbonyl (C=O) groups excluding carboxylic acids is 1. The fourth-order valence-electron chi connectivity index (χ4n) is 2.11. The Morgan fingerprint density at radius 3 is 2.32 bits per heavy atom. The Morgan fingerprint density at radius 1 is 1.09 bits per heavy atom. The largest absolute Gasteiger partial charge is 0.326 e. The number of hydrogen-bond donors (Lipinski definition) is 1. The van der Waals surface area contributed by atoms with E-state index in [4.69, 9.17) is 0 Å². The minimum atomic E-state index is -2.44. The van der Waals surface area contributed by atoms with Crippen LogP contribution in [0.4, 0.5) is 14.5 Å². The van der Waals surface area contributed by atoms with Gasteiger partial charge in [-0.25, -0.2) is 0 Å². The van der Waals surface area contributed by atoms with Crippen LogP contribution in [0.15, 0.2) is 59.5 Å². The van der Waals surface area contributed by atoms with E-state index in [-0.39, 0.29) is 11.8 Å². The molecule has 2 nitrogen and oxygen atoms in total. The van der Waals surface area contributed by atoms with Crippen LogP contribution in [0.5, 0.6) is 0 Å². The van der Waals surface area contributed by atoms with Crippen LogP contribution in [0.3, 0.4) is 0 Å². The van der Waals surface area contributed by atoms with E-state index >= 15 is 0 Å². The zero-order chi connectivity index (χ0) is 15.9. The molecule has 0 saturated carbocycles. The van der Waals surface area contributed by atoms with Crippen LogP contribution in [0, 0.1) is 0 Å². The topological polar surface area (TPSA) is 29.1 Å². The number of hydrogen-bond acceptors (Lipinski definition) is 2. The number of alkyl halides is 2. The molecule has 1 N–H and O–H groups in total. The molecule has 5 heteroatoms. The van der Waals surface area contributed by atoms with Gasteiger partial charge in [0.05, 0.1) is 0 Å². The van der Waals surface area contributed by atoms with Gasteiger partial charge in [-0.15, -0.1) is 0 Å². The highest BCUT2D eigenvalue weighted by Gasteiger charge is 2.11. The molecule has 1 amide bonds. The van der Waals surface area contributed by atoms with Crippen molar-refractivity contribution in [3.8, 4) is 0 Å². The molecule has 0 heterocycles. The fraction of sp³-hybridized carbons (Fsp3) is 0.235. The minimum Gasteiger partial charge on any atom is -0.326 e. The first-order valence-corrected chi connectivity index (χ1v) is 7.82. The number of nitrogens with one attached hydrogen (secondary N) is 1. The molecule has 2 aromatic carbocycles. The number of anilines is 1. The molecule has 1 unspecified atom stereocenters. The molecular weight excluding hydrogens is 304 g/mol. The zero-order valence-corrected chi connectivity index (χ0v) is 12.9. The van der Waals surface area contributed by atoms with Crippen molar-refractivity contribution in [2.24, 2.45) is 0 Å². The Morgan fingerprint density at radius 2 is 1.73 bits per heavy atom. The van der Waals surface area contributed by atoms with Crippen LogP contribution >= 0.6 is 11.8 Å². The van der Waals surface area contributed by atoms with E-state index in [1.165, 1.54) is 0 Å². The lowest BCUT2D eigenvalue weighted by Gasteiger charge is -2.12. The Kier molecular flexibility index (Phi) is 5.95. The molecule has 0 aliphatic heterocycles. The Bertz CT molecular complexity index is 602. The number of amides is 1. The molecule has 116 valence electrons. The van der Waals surface area contributed by atoms with Crippen LogP contribution < -0.4 is 5.32 Å². The molecule has 2 rings (SSSR count). The van der Waals surface area contributed by atoms with E-state index in [0.717, 1.165) is 5.56 Å². The van der Waals surface area contributed by atoms with E-state index in [9.17, 15) is 13.6 Å². The molecular formula is C17H17F2NOS. The number of benzene rings is 2. The summed E-state index contributed by atoms with van der Waals surface area (Å²) in [7, 11) is 0. The van der Waals surface area contributed by atoms with Gasteiger partial charge in [-0.1, -0.05) is 49.0 Å². The van der Waals surface area contributed by atoms with Crippen molar-refractivity contribution < 1.29 is 13.6 Å². The van der Waals surface area contributed by atoms with E-state index in [1.54, 1.807) is 24.3 Å². The molecule has 0 spiro atoms. The van der Waals surface area contributed by atoms with Crippen LogP contribution in [-0.4, -0.2) is 11.7 Å². The third-order valence-electron chi connectivity index (χ3n) is 3.22. The first kappa shape index (κ1) is 16.5. The Balaban J connectivity index is 1.89. The maximum absolute atomic E-state index is 12.2. The Labute approximate surface area is 132 Å². The van der Waals surface area contributed by atoms with Crippen molar-refractivity contribution in [1.29, 1.82) is 0 Å².